The molecule has 1 saturated carbocycles. The second-order valence-corrected chi connectivity index (χ2v) is 6.24. The van der Waals surface area contributed by atoms with E-state index in [1.54, 1.807) is 0 Å². The molecule has 0 aromatic heterocycles. The Balaban J connectivity index is 1.83. The van der Waals surface area contributed by atoms with Gasteiger partial charge in [0.05, 0.1) is 11.6 Å². The maximum atomic E-state index is 6.22. The van der Waals surface area contributed by atoms with Crippen molar-refractivity contribution >= 4 is 11.6 Å². The summed E-state index contributed by atoms with van der Waals surface area (Å²) in [5, 5.41) is 4.05. The van der Waals surface area contributed by atoms with Crippen LogP contribution in [0.5, 0.6) is 5.75 Å². The molecule has 1 aliphatic carbocycles. The first-order chi connectivity index (χ1) is 9.66. The van der Waals surface area contributed by atoms with Crippen molar-refractivity contribution in [1.82, 2.24) is 5.32 Å². The van der Waals surface area contributed by atoms with Crippen LogP contribution in [0.15, 0.2) is 18.2 Å². The van der Waals surface area contributed by atoms with E-state index < -0.39 is 0 Å². The van der Waals surface area contributed by atoms with Crippen LogP contribution in [0.4, 0.5) is 0 Å². The molecule has 4 heteroatoms. The summed E-state index contributed by atoms with van der Waals surface area (Å²) in [6, 6.07) is 5.84. The van der Waals surface area contributed by atoms with E-state index in [0.29, 0.717) is 10.9 Å². The van der Waals surface area contributed by atoms with E-state index in [-0.39, 0.29) is 6.79 Å². The quantitative estimate of drug-likeness (QED) is 0.555. The smallest absolute Gasteiger partial charge is 0.189 e. The van der Waals surface area contributed by atoms with E-state index >= 15 is 0 Å². The first-order valence-electron chi connectivity index (χ1n) is 7.35. The van der Waals surface area contributed by atoms with Gasteiger partial charge in [0.1, 0.15) is 5.75 Å². The van der Waals surface area contributed by atoms with Crippen molar-refractivity contribution in [3.8, 4) is 5.75 Å². The molecule has 1 aromatic carbocycles. The lowest BCUT2D eigenvalue weighted by Gasteiger charge is -2.14. The lowest BCUT2D eigenvalue weighted by atomic mass is 10.2. The predicted octanol–water partition coefficient (Wildman–Crippen LogP) is 3.85. The molecule has 0 unspecified atom stereocenters. The molecule has 0 bridgehead atoms. The molecule has 3 nitrogen and oxygen atoms in total. The van der Waals surface area contributed by atoms with E-state index in [4.69, 9.17) is 21.1 Å². The summed E-state index contributed by atoms with van der Waals surface area (Å²) in [4.78, 5) is 0. The van der Waals surface area contributed by atoms with E-state index in [9.17, 15) is 0 Å². The molecule has 112 valence electrons. The zero-order valence-electron chi connectivity index (χ0n) is 12.3. The zero-order chi connectivity index (χ0) is 14.4. The summed E-state index contributed by atoms with van der Waals surface area (Å²) < 4.78 is 11.2. The molecule has 2 rings (SSSR count). The van der Waals surface area contributed by atoms with E-state index in [2.05, 4.69) is 19.2 Å². The minimum absolute atomic E-state index is 0.275. The maximum absolute atomic E-state index is 6.22. The Kier molecular flexibility index (Phi) is 6.14. The average molecular weight is 298 g/mol. The molecule has 1 N–H and O–H groups in total. The lowest BCUT2D eigenvalue weighted by molar-refractivity contribution is 0.00947. The van der Waals surface area contributed by atoms with Crippen LogP contribution in [0.25, 0.3) is 0 Å². The lowest BCUT2D eigenvalue weighted by Crippen LogP contribution is -2.19. The molecule has 0 aliphatic heterocycles. The van der Waals surface area contributed by atoms with Gasteiger partial charge in [0.15, 0.2) is 6.79 Å². The highest BCUT2D eigenvalue weighted by molar-refractivity contribution is 6.32. The summed E-state index contributed by atoms with van der Waals surface area (Å²) in [5.41, 5.74) is 1.08. The van der Waals surface area contributed by atoms with Crippen molar-refractivity contribution in [2.75, 3.05) is 19.9 Å². The third-order valence-electron chi connectivity index (χ3n) is 3.25. The summed E-state index contributed by atoms with van der Waals surface area (Å²) in [6.45, 7) is 7.19. The van der Waals surface area contributed by atoms with Crippen LogP contribution in [0.3, 0.4) is 0 Å². The summed E-state index contributed by atoms with van der Waals surface area (Å²) >= 11 is 6.22. The highest BCUT2D eigenvalue weighted by atomic mass is 35.5. The fraction of sp³-hybridized carbons (Fsp3) is 0.625. The molecule has 20 heavy (non-hydrogen) atoms. The van der Waals surface area contributed by atoms with Gasteiger partial charge in [0.2, 0.25) is 0 Å². The fourth-order valence-electron chi connectivity index (χ4n) is 1.95. The van der Waals surface area contributed by atoms with Crippen LogP contribution >= 0.6 is 11.6 Å². The van der Waals surface area contributed by atoms with Crippen molar-refractivity contribution in [1.29, 1.82) is 0 Å². The van der Waals surface area contributed by atoms with Gasteiger partial charge < -0.3 is 14.8 Å². The normalized spacial score (nSPS) is 14.8. The molecule has 0 spiro atoms. The molecule has 1 aliphatic rings. The Morgan fingerprint density at radius 3 is 2.85 bits per heavy atom. The standard InChI is InChI=1S/C16H24ClNO2/c1-12(2)8-18-9-14-4-3-5-15(17)16(14)20-11-19-10-13-6-7-13/h3-5,12-13,18H,6-11H2,1-2H3. The zero-order valence-corrected chi connectivity index (χ0v) is 13.1. The number of rotatable bonds is 9. The molecule has 0 amide bonds. The molecule has 0 radical (unpaired) electrons. The minimum atomic E-state index is 0.275. The van der Waals surface area contributed by atoms with Crippen LogP contribution in [-0.2, 0) is 11.3 Å². The third-order valence-corrected chi connectivity index (χ3v) is 3.55. The Bertz CT molecular complexity index is 419. The van der Waals surface area contributed by atoms with E-state index in [0.717, 1.165) is 36.9 Å². The average Bonchev–Trinajstić information content (AvgIpc) is 3.20. The van der Waals surface area contributed by atoms with E-state index in [1.807, 2.05) is 18.2 Å². The maximum Gasteiger partial charge on any atom is 0.189 e. The summed E-state index contributed by atoms with van der Waals surface area (Å²) in [7, 11) is 0. The third kappa shape index (κ3) is 5.31. The highest BCUT2D eigenvalue weighted by Crippen LogP contribution is 2.30. The van der Waals surface area contributed by atoms with Gasteiger partial charge in [-0.3, -0.25) is 0 Å². The Morgan fingerprint density at radius 2 is 2.15 bits per heavy atom. The Labute approximate surface area is 126 Å². The van der Waals surface area contributed by atoms with Crippen molar-refractivity contribution in [2.24, 2.45) is 11.8 Å². The van der Waals surface area contributed by atoms with E-state index in [1.165, 1.54) is 12.8 Å². The number of hydrogen-bond donors (Lipinski definition) is 1. The van der Waals surface area contributed by atoms with Crippen LogP contribution in [0, 0.1) is 11.8 Å². The first-order valence-corrected chi connectivity index (χ1v) is 7.73. The Morgan fingerprint density at radius 1 is 1.35 bits per heavy atom. The fourth-order valence-corrected chi connectivity index (χ4v) is 2.20. The SMILES string of the molecule is CC(C)CNCc1cccc(Cl)c1OCOCC1CC1. The summed E-state index contributed by atoms with van der Waals surface area (Å²) in [6.07, 6.45) is 2.58. The summed E-state index contributed by atoms with van der Waals surface area (Å²) in [5.74, 6) is 2.11. The van der Waals surface area contributed by atoms with Crippen molar-refractivity contribution < 1.29 is 9.47 Å². The number of benzene rings is 1. The number of ether oxygens (including phenoxy) is 2. The van der Waals surface area contributed by atoms with Crippen molar-refractivity contribution in [3.05, 3.63) is 28.8 Å². The van der Waals surface area contributed by atoms with Crippen LogP contribution in [0.2, 0.25) is 5.02 Å². The molecule has 0 atom stereocenters. The molecule has 0 saturated heterocycles. The minimum Gasteiger partial charge on any atom is -0.466 e. The van der Waals surface area contributed by atoms with Crippen molar-refractivity contribution in [2.45, 2.75) is 33.2 Å². The van der Waals surface area contributed by atoms with Gasteiger partial charge in [-0.15, -0.1) is 0 Å². The van der Waals surface area contributed by atoms with Gasteiger partial charge in [-0.25, -0.2) is 0 Å². The topological polar surface area (TPSA) is 30.5 Å². The number of hydrogen-bond acceptors (Lipinski definition) is 3. The highest BCUT2D eigenvalue weighted by Gasteiger charge is 2.21. The van der Waals surface area contributed by atoms with Crippen LogP contribution in [-0.4, -0.2) is 19.9 Å². The molecular formula is C16H24ClNO2. The molecule has 0 heterocycles. The van der Waals surface area contributed by atoms with Gasteiger partial charge in [-0.1, -0.05) is 37.6 Å². The second kappa shape index (κ2) is 7.87. The largest absolute Gasteiger partial charge is 0.466 e. The monoisotopic (exact) mass is 297 g/mol. The number of halogens is 1. The van der Waals surface area contributed by atoms with Gasteiger partial charge in [0, 0.05) is 12.1 Å². The molecule has 1 aromatic rings. The van der Waals surface area contributed by atoms with Crippen molar-refractivity contribution in [3.63, 3.8) is 0 Å². The number of nitrogens with one attached hydrogen (secondary N) is 1. The van der Waals surface area contributed by atoms with Gasteiger partial charge in [0.25, 0.3) is 0 Å². The van der Waals surface area contributed by atoms with Gasteiger partial charge >= 0.3 is 0 Å². The second-order valence-electron chi connectivity index (χ2n) is 5.83. The van der Waals surface area contributed by atoms with Gasteiger partial charge in [-0.2, -0.15) is 0 Å². The molecule has 1 fully saturated rings. The van der Waals surface area contributed by atoms with Gasteiger partial charge in [-0.05, 0) is 37.3 Å². The van der Waals surface area contributed by atoms with Crippen LogP contribution in [0.1, 0.15) is 32.3 Å². The Hall–Kier alpha value is -0.770. The number of para-hydroxylation sites is 1. The predicted molar refractivity (Wildman–Crippen MR) is 82.2 cm³/mol. The first kappa shape index (κ1) is 15.6. The van der Waals surface area contributed by atoms with Crippen LogP contribution < -0.4 is 10.1 Å². The molecular weight excluding hydrogens is 274 g/mol.